The third-order valence-electron chi connectivity index (χ3n) is 6.27. The topological polar surface area (TPSA) is 66.5 Å². The summed E-state index contributed by atoms with van der Waals surface area (Å²) in [6.45, 7) is 3.01. The number of nitrogens with one attached hydrogen (secondary N) is 1. The Bertz CT molecular complexity index is 790. The molecular weight excluding hydrogens is 336 g/mol. The Morgan fingerprint density at radius 3 is 2.72 bits per heavy atom. The van der Waals surface area contributed by atoms with Gasteiger partial charge in [0, 0.05) is 25.2 Å². The van der Waals surface area contributed by atoms with Gasteiger partial charge in [0.15, 0.2) is 0 Å². The molecule has 5 nitrogen and oxygen atoms in total. The van der Waals surface area contributed by atoms with Crippen molar-refractivity contribution in [1.29, 1.82) is 0 Å². The minimum Gasteiger partial charge on any atom is -0.312 e. The van der Waals surface area contributed by atoms with Gasteiger partial charge in [0.1, 0.15) is 0 Å². The number of nitrogens with zero attached hydrogens (tertiary/aromatic N) is 1. The van der Waals surface area contributed by atoms with Crippen LogP contribution in [0, 0.1) is 24.7 Å². The van der Waals surface area contributed by atoms with Crippen LogP contribution in [-0.2, 0) is 14.8 Å². The van der Waals surface area contributed by atoms with Crippen molar-refractivity contribution in [2.75, 3.05) is 18.0 Å². The normalized spacial score (nSPS) is 28.9. The second kappa shape index (κ2) is 6.40. The van der Waals surface area contributed by atoms with Crippen LogP contribution in [0.15, 0.2) is 23.1 Å². The summed E-state index contributed by atoms with van der Waals surface area (Å²) in [5, 5.41) is 0. The lowest BCUT2D eigenvalue weighted by molar-refractivity contribution is -0.117. The molecule has 3 aliphatic rings. The van der Waals surface area contributed by atoms with Crippen LogP contribution in [0.3, 0.4) is 0 Å². The molecule has 1 heterocycles. The molecule has 0 radical (unpaired) electrons. The van der Waals surface area contributed by atoms with Gasteiger partial charge >= 0.3 is 0 Å². The highest BCUT2D eigenvalue weighted by Crippen LogP contribution is 2.48. The highest BCUT2D eigenvalue weighted by atomic mass is 32.2. The van der Waals surface area contributed by atoms with Gasteiger partial charge in [0.25, 0.3) is 0 Å². The molecule has 1 aliphatic heterocycles. The fraction of sp³-hybridized carbons (Fsp3) is 0.632. The van der Waals surface area contributed by atoms with Gasteiger partial charge in [-0.25, -0.2) is 13.1 Å². The fourth-order valence-corrected chi connectivity index (χ4v) is 6.25. The molecule has 2 bridgehead atoms. The van der Waals surface area contributed by atoms with E-state index in [1.165, 1.54) is 19.3 Å². The average Bonchev–Trinajstić information content (AvgIpc) is 3.30. The molecule has 6 heteroatoms. The maximum Gasteiger partial charge on any atom is 0.240 e. The number of benzene rings is 1. The fourth-order valence-electron chi connectivity index (χ4n) is 4.89. The first-order valence-corrected chi connectivity index (χ1v) is 10.8. The predicted molar refractivity (Wildman–Crippen MR) is 96.9 cm³/mol. The van der Waals surface area contributed by atoms with E-state index in [-0.39, 0.29) is 5.91 Å². The van der Waals surface area contributed by atoms with Crippen molar-refractivity contribution in [3.8, 4) is 0 Å². The number of aryl methyl sites for hydroxylation is 1. The third-order valence-corrected chi connectivity index (χ3v) is 7.83. The van der Waals surface area contributed by atoms with Crippen LogP contribution in [0.25, 0.3) is 0 Å². The number of amides is 1. The van der Waals surface area contributed by atoms with Crippen LogP contribution in [0.4, 0.5) is 5.69 Å². The summed E-state index contributed by atoms with van der Waals surface area (Å²) >= 11 is 0. The van der Waals surface area contributed by atoms with Gasteiger partial charge < -0.3 is 4.90 Å². The second-order valence-electron chi connectivity index (χ2n) is 7.89. The Balaban J connectivity index is 1.52. The number of anilines is 1. The first-order valence-electron chi connectivity index (χ1n) is 9.35. The number of carbonyl (C=O) groups excluding carboxylic acids is 1. The molecule has 0 aromatic heterocycles. The van der Waals surface area contributed by atoms with Crippen molar-refractivity contribution in [2.45, 2.75) is 50.3 Å². The van der Waals surface area contributed by atoms with Crippen molar-refractivity contribution >= 4 is 21.6 Å². The molecule has 136 valence electrons. The van der Waals surface area contributed by atoms with E-state index in [9.17, 15) is 13.2 Å². The van der Waals surface area contributed by atoms with Gasteiger partial charge in [0.2, 0.25) is 15.9 Å². The zero-order valence-corrected chi connectivity index (χ0v) is 15.5. The molecule has 4 rings (SSSR count). The van der Waals surface area contributed by atoms with Gasteiger partial charge in [-0.2, -0.15) is 0 Å². The number of hydrogen-bond donors (Lipinski definition) is 1. The van der Waals surface area contributed by atoms with Gasteiger partial charge in [-0.15, -0.1) is 0 Å². The van der Waals surface area contributed by atoms with E-state index in [1.54, 1.807) is 17.0 Å². The average molecular weight is 362 g/mol. The number of fused-ring (bicyclic) bond motifs is 2. The van der Waals surface area contributed by atoms with Crippen molar-refractivity contribution < 1.29 is 13.2 Å². The monoisotopic (exact) mass is 362 g/mol. The zero-order valence-electron chi connectivity index (χ0n) is 14.7. The van der Waals surface area contributed by atoms with E-state index < -0.39 is 10.0 Å². The zero-order chi connectivity index (χ0) is 17.6. The molecule has 1 aromatic rings. The summed E-state index contributed by atoms with van der Waals surface area (Å²) in [5.41, 5.74) is 1.41. The van der Waals surface area contributed by atoms with Crippen LogP contribution in [0.5, 0.6) is 0 Å². The lowest BCUT2D eigenvalue weighted by Gasteiger charge is -2.22. The van der Waals surface area contributed by atoms with E-state index in [0.29, 0.717) is 41.9 Å². The number of hydrogen-bond acceptors (Lipinski definition) is 3. The summed E-state index contributed by atoms with van der Waals surface area (Å²) in [6.07, 6.45) is 6.38. The van der Waals surface area contributed by atoms with Crippen molar-refractivity contribution in [2.24, 2.45) is 17.8 Å². The van der Waals surface area contributed by atoms with E-state index in [0.717, 1.165) is 24.3 Å². The SMILES string of the molecule is Cc1ccc(N2CCCC2=O)cc1S(=O)(=O)NC[C@@H]1C[C@H]2CC[C@H]1C2. The first-order chi connectivity index (χ1) is 11.9. The summed E-state index contributed by atoms with van der Waals surface area (Å²) in [6, 6.07) is 5.29. The highest BCUT2D eigenvalue weighted by Gasteiger charge is 2.39. The highest BCUT2D eigenvalue weighted by molar-refractivity contribution is 7.89. The minimum absolute atomic E-state index is 0.0714. The van der Waals surface area contributed by atoms with Gasteiger partial charge in [-0.05, 0) is 68.1 Å². The minimum atomic E-state index is -3.55. The molecule has 2 aliphatic carbocycles. The smallest absolute Gasteiger partial charge is 0.240 e. The third kappa shape index (κ3) is 3.22. The van der Waals surface area contributed by atoms with Crippen LogP contribution in [-0.4, -0.2) is 27.4 Å². The predicted octanol–water partition coefficient (Wildman–Crippen LogP) is 2.84. The molecule has 0 spiro atoms. The number of sulfonamides is 1. The van der Waals surface area contributed by atoms with Crippen LogP contribution in [0.2, 0.25) is 0 Å². The molecule has 1 N–H and O–H groups in total. The lowest BCUT2D eigenvalue weighted by Crippen LogP contribution is -2.32. The standard InChI is InChI=1S/C19H26N2O3S/c1-13-4-7-17(21-8-2-3-19(21)22)11-18(13)25(23,24)20-12-16-10-14-5-6-15(16)9-14/h4,7,11,14-16,20H,2-3,5-6,8-10,12H2,1H3/t14-,15-,16-/m0/s1. The van der Waals surface area contributed by atoms with Crippen molar-refractivity contribution in [1.82, 2.24) is 4.72 Å². The molecule has 3 fully saturated rings. The summed E-state index contributed by atoms with van der Waals surface area (Å²) in [7, 11) is -3.55. The maximum absolute atomic E-state index is 12.9. The summed E-state index contributed by atoms with van der Waals surface area (Å²) in [4.78, 5) is 13.9. The Hall–Kier alpha value is -1.40. The number of rotatable bonds is 5. The van der Waals surface area contributed by atoms with E-state index >= 15 is 0 Å². The van der Waals surface area contributed by atoms with Gasteiger partial charge in [0.05, 0.1) is 4.90 Å². The Labute approximate surface area is 149 Å². The van der Waals surface area contributed by atoms with Crippen LogP contribution < -0.4 is 9.62 Å². The first kappa shape index (κ1) is 17.0. The summed E-state index contributed by atoms with van der Waals surface area (Å²) in [5.74, 6) is 2.06. The van der Waals surface area contributed by atoms with Crippen molar-refractivity contribution in [3.05, 3.63) is 23.8 Å². The van der Waals surface area contributed by atoms with Crippen molar-refractivity contribution in [3.63, 3.8) is 0 Å². The molecule has 0 unspecified atom stereocenters. The van der Waals surface area contributed by atoms with E-state index in [1.807, 2.05) is 13.0 Å². The molecule has 1 saturated heterocycles. The molecule has 2 saturated carbocycles. The largest absolute Gasteiger partial charge is 0.312 e. The number of carbonyl (C=O) groups is 1. The Morgan fingerprint density at radius 1 is 1.24 bits per heavy atom. The lowest BCUT2D eigenvalue weighted by atomic mass is 9.89. The molecular formula is C19H26N2O3S. The molecule has 3 atom stereocenters. The maximum atomic E-state index is 12.9. The van der Waals surface area contributed by atoms with E-state index in [2.05, 4.69) is 4.72 Å². The van der Waals surface area contributed by atoms with Crippen LogP contribution in [0.1, 0.15) is 44.1 Å². The quantitative estimate of drug-likeness (QED) is 0.876. The second-order valence-corrected chi connectivity index (χ2v) is 9.62. The van der Waals surface area contributed by atoms with Gasteiger partial charge in [-0.3, -0.25) is 4.79 Å². The molecule has 25 heavy (non-hydrogen) atoms. The Kier molecular flexibility index (Phi) is 4.36. The van der Waals surface area contributed by atoms with E-state index in [4.69, 9.17) is 0 Å². The summed E-state index contributed by atoms with van der Waals surface area (Å²) < 4.78 is 28.5. The van der Waals surface area contributed by atoms with Crippen LogP contribution >= 0.6 is 0 Å². The van der Waals surface area contributed by atoms with Gasteiger partial charge in [-0.1, -0.05) is 12.5 Å². The molecule has 1 amide bonds. The molecule has 1 aromatic carbocycles. The Morgan fingerprint density at radius 2 is 2.08 bits per heavy atom.